The van der Waals surface area contributed by atoms with Crippen molar-refractivity contribution in [2.75, 3.05) is 6.61 Å². The van der Waals surface area contributed by atoms with Crippen LogP contribution in [0.15, 0.2) is 12.1 Å². The number of alkyl halides is 6. The molecule has 23 heavy (non-hydrogen) atoms. The predicted octanol–water partition coefficient (Wildman–Crippen LogP) is 3.58. The highest BCUT2D eigenvalue weighted by molar-refractivity contribution is 5.74. The van der Waals surface area contributed by atoms with Gasteiger partial charge in [-0.05, 0) is 13.0 Å². The van der Waals surface area contributed by atoms with Crippen LogP contribution in [-0.2, 0) is 22.1 Å². The number of nitrogens with zero attached hydrogens (tertiary/aromatic N) is 1. The minimum atomic E-state index is -5.33. The molecule has 0 atom stereocenters. The number of rotatable bonds is 4. The molecule has 0 saturated heterocycles. The molecule has 0 aliphatic heterocycles. The Morgan fingerprint density at radius 1 is 1.22 bits per heavy atom. The van der Waals surface area contributed by atoms with Crippen LogP contribution in [0.3, 0.4) is 0 Å². The number of carbonyl (C=O) groups excluding carboxylic acids is 1. The molecule has 0 saturated carbocycles. The summed E-state index contributed by atoms with van der Waals surface area (Å²) in [6.45, 7) is 1.37. The highest BCUT2D eigenvalue weighted by Gasteiger charge is 2.39. The number of carbonyl (C=O) groups is 1. The zero-order valence-electron chi connectivity index (χ0n) is 11.5. The molecule has 0 unspecified atom stereocenters. The number of nitriles is 1. The number of hydrogen-bond acceptors (Lipinski definition) is 4. The van der Waals surface area contributed by atoms with Crippen molar-refractivity contribution in [2.45, 2.75) is 25.9 Å². The summed E-state index contributed by atoms with van der Waals surface area (Å²) in [6, 6.07) is 2.10. The van der Waals surface area contributed by atoms with Gasteiger partial charge in [0.2, 0.25) is 0 Å². The summed E-state index contributed by atoms with van der Waals surface area (Å²) in [5, 5.41) is 8.81. The van der Waals surface area contributed by atoms with Crippen LogP contribution in [0.2, 0.25) is 0 Å². The van der Waals surface area contributed by atoms with Gasteiger partial charge in [-0.1, -0.05) is 6.07 Å². The molecule has 0 spiro atoms. The molecule has 10 heteroatoms. The average molecular weight is 341 g/mol. The fourth-order valence-electron chi connectivity index (χ4n) is 1.71. The Labute approximate surface area is 126 Å². The Bertz CT molecular complexity index is 630. The second kappa shape index (κ2) is 6.76. The first kappa shape index (κ1) is 18.6. The molecule has 0 N–H and O–H groups in total. The first-order chi connectivity index (χ1) is 10.5. The first-order valence-corrected chi connectivity index (χ1v) is 6.04. The van der Waals surface area contributed by atoms with Crippen LogP contribution in [0.4, 0.5) is 26.3 Å². The third kappa shape index (κ3) is 5.05. The fraction of sp³-hybridized carbons (Fsp3) is 0.385. The van der Waals surface area contributed by atoms with Gasteiger partial charge in [0, 0.05) is 5.56 Å². The van der Waals surface area contributed by atoms with Crippen LogP contribution in [0, 0.1) is 11.3 Å². The molecular weight excluding hydrogens is 332 g/mol. The summed E-state index contributed by atoms with van der Waals surface area (Å²) in [4.78, 5) is 11.3. The van der Waals surface area contributed by atoms with Crippen LogP contribution < -0.4 is 4.74 Å². The van der Waals surface area contributed by atoms with Gasteiger partial charge in [0.1, 0.15) is 11.6 Å². The second-order valence-electron chi connectivity index (χ2n) is 4.12. The Morgan fingerprint density at radius 3 is 2.26 bits per heavy atom. The third-order valence-electron chi connectivity index (χ3n) is 2.51. The maximum absolute atomic E-state index is 12.8. The lowest BCUT2D eigenvalue weighted by molar-refractivity contribution is -0.275. The van der Waals surface area contributed by atoms with Gasteiger partial charge in [-0.3, -0.25) is 4.79 Å². The van der Waals surface area contributed by atoms with Gasteiger partial charge < -0.3 is 9.47 Å². The van der Waals surface area contributed by atoms with E-state index in [1.807, 2.05) is 0 Å². The largest absolute Gasteiger partial charge is 0.573 e. The van der Waals surface area contributed by atoms with E-state index in [2.05, 4.69) is 9.47 Å². The van der Waals surface area contributed by atoms with Gasteiger partial charge in [-0.2, -0.15) is 18.4 Å². The Morgan fingerprint density at radius 2 is 1.83 bits per heavy atom. The number of halogens is 6. The van der Waals surface area contributed by atoms with Gasteiger partial charge >= 0.3 is 18.5 Å². The zero-order valence-corrected chi connectivity index (χ0v) is 11.5. The van der Waals surface area contributed by atoms with Crippen molar-refractivity contribution < 1.29 is 40.6 Å². The molecule has 4 nitrogen and oxygen atoms in total. The highest BCUT2D eigenvalue weighted by atomic mass is 19.4. The highest BCUT2D eigenvalue weighted by Crippen LogP contribution is 2.39. The van der Waals surface area contributed by atoms with E-state index in [1.54, 1.807) is 0 Å². The van der Waals surface area contributed by atoms with Gasteiger partial charge in [0.05, 0.1) is 18.6 Å². The summed E-state index contributed by atoms with van der Waals surface area (Å²) in [6.07, 6.45) is -11.2. The summed E-state index contributed by atoms with van der Waals surface area (Å²) in [5.41, 5.74) is -3.48. The number of hydrogen-bond donors (Lipinski definition) is 0. The van der Waals surface area contributed by atoms with Crippen molar-refractivity contribution in [2.24, 2.45) is 0 Å². The molecule has 0 aromatic heterocycles. The predicted molar refractivity (Wildman–Crippen MR) is 63.2 cm³/mol. The second-order valence-corrected chi connectivity index (χ2v) is 4.12. The number of esters is 1. The van der Waals surface area contributed by atoms with Crippen LogP contribution in [0.25, 0.3) is 0 Å². The molecule has 1 aromatic carbocycles. The van der Waals surface area contributed by atoms with Crippen LogP contribution in [0.5, 0.6) is 5.75 Å². The summed E-state index contributed by atoms with van der Waals surface area (Å²) >= 11 is 0. The molecule has 0 amide bonds. The van der Waals surface area contributed by atoms with Crippen molar-refractivity contribution in [3.05, 3.63) is 28.8 Å². The van der Waals surface area contributed by atoms with E-state index in [-0.39, 0.29) is 6.61 Å². The number of ether oxygens (including phenoxy) is 2. The van der Waals surface area contributed by atoms with Crippen molar-refractivity contribution in [1.29, 1.82) is 5.26 Å². The SMILES string of the molecule is CCOC(=O)Cc1ccc(C(F)(F)F)c(C#N)c1OC(F)(F)F. The lowest BCUT2D eigenvalue weighted by Crippen LogP contribution is -2.21. The summed E-state index contributed by atoms with van der Waals surface area (Å²) < 4.78 is 83.7. The van der Waals surface area contributed by atoms with Crippen molar-refractivity contribution >= 4 is 5.97 Å². The molecule has 0 radical (unpaired) electrons. The zero-order chi connectivity index (χ0) is 17.8. The Hall–Kier alpha value is -2.44. The van der Waals surface area contributed by atoms with E-state index >= 15 is 0 Å². The average Bonchev–Trinajstić information content (AvgIpc) is 2.37. The van der Waals surface area contributed by atoms with E-state index in [1.165, 1.54) is 6.92 Å². The van der Waals surface area contributed by atoms with E-state index in [0.717, 1.165) is 6.07 Å². The third-order valence-corrected chi connectivity index (χ3v) is 2.51. The van der Waals surface area contributed by atoms with Crippen LogP contribution in [0.1, 0.15) is 23.6 Å². The molecule has 0 aliphatic carbocycles. The smallest absolute Gasteiger partial charge is 0.466 e. The monoisotopic (exact) mass is 341 g/mol. The van der Waals surface area contributed by atoms with E-state index in [0.29, 0.717) is 12.1 Å². The standard InChI is InChI=1S/C13H9F6NO3/c1-2-22-10(21)5-7-3-4-9(12(14,15)16)8(6-20)11(7)23-13(17,18)19/h3-4H,2,5H2,1H3. The first-order valence-electron chi connectivity index (χ1n) is 6.04. The lowest BCUT2D eigenvalue weighted by Gasteiger charge is -2.17. The summed E-state index contributed by atoms with van der Waals surface area (Å²) in [5.74, 6) is -2.33. The van der Waals surface area contributed by atoms with Crippen molar-refractivity contribution in [3.8, 4) is 11.8 Å². The molecule has 0 bridgehead atoms. The van der Waals surface area contributed by atoms with Crippen molar-refractivity contribution in [3.63, 3.8) is 0 Å². The van der Waals surface area contributed by atoms with E-state index in [4.69, 9.17) is 5.26 Å². The number of benzene rings is 1. The van der Waals surface area contributed by atoms with E-state index in [9.17, 15) is 31.1 Å². The Balaban J connectivity index is 3.47. The van der Waals surface area contributed by atoms with Gasteiger partial charge in [-0.25, -0.2) is 0 Å². The van der Waals surface area contributed by atoms with E-state index < -0.39 is 47.4 Å². The molecule has 1 aromatic rings. The molecule has 0 fully saturated rings. The topological polar surface area (TPSA) is 59.3 Å². The van der Waals surface area contributed by atoms with Gasteiger partial charge in [-0.15, -0.1) is 13.2 Å². The normalized spacial score (nSPS) is 11.7. The quantitative estimate of drug-likeness (QED) is 0.620. The molecule has 1 rings (SSSR count). The van der Waals surface area contributed by atoms with Crippen LogP contribution >= 0.6 is 0 Å². The molecule has 0 aliphatic rings. The summed E-state index contributed by atoms with van der Waals surface area (Å²) in [7, 11) is 0. The van der Waals surface area contributed by atoms with Crippen molar-refractivity contribution in [1.82, 2.24) is 0 Å². The Kier molecular flexibility index (Phi) is 5.47. The maximum Gasteiger partial charge on any atom is 0.573 e. The molecule has 126 valence electrons. The molecule has 0 heterocycles. The maximum atomic E-state index is 12.8. The molecular formula is C13H9F6NO3. The minimum absolute atomic E-state index is 0.0694. The minimum Gasteiger partial charge on any atom is -0.466 e. The fourth-order valence-corrected chi connectivity index (χ4v) is 1.71. The van der Waals surface area contributed by atoms with Gasteiger partial charge in [0.15, 0.2) is 5.75 Å². The lowest BCUT2D eigenvalue weighted by atomic mass is 10.0. The van der Waals surface area contributed by atoms with Gasteiger partial charge in [0.25, 0.3) is 0 Å². The van der Waals surface area contributed by atoms with Crippen LogP contribution in [-0.4, -0.2) is 18.9 Å².